The highest BCUT2D eigenvalue weighted by molar-refractivity contribution is 5.07. The van der Waals surface area contributed by atoms with Gasteiger partial charge in [0.1, 0.15) is 12.6 Å². The number of methoxy groups -OCH3 is 1. The zero-order valence-electron chi connectivity index (χ0n) is 7.53. The highest BCUT2D eigenvalue weighted by Crippen LogP contribution is 2.02. The summed E-state index contributed by atoms with van der Waals surface area (Å²) < 4.78 is 4.68. The first kappa shape index (κ1) is 10.5. The fourth-order valence-electron chi connectivity index (χ4n) is 0.893. The van der Waals surface area contributed by atoms with E-state index in [1.807, 2.05) is 0 Å². The van der Waals surface area contributed by atoms with Crippen molar-refractivity contribution in [3.63, 3.8) is 0 Å². The molecule has 1 atom stereocenters. The fourth-order valence-corrected chi connectivity index (χ4v) is 0.893. The van der Waals surface area contributed by atoms with E-state index in [1.54, 1.807) is 0 Å². The minimum absolute atomic E-state index is 0.0711. The maximum absolute atomic E-state index is 10.2. The van der Waals surface area contributed by atoms with Gasteiger partial charge >= 0.3 is 5.82 Å². The molecule has 1 unspecified atom stereocenters. The molecule has 0 aliphatic heterocycles. The maximum atomic E-state index is 10.2. The third-order valence-corrected chi connectivity index (χ3v) is 1.44. The molecule has 0 radical (unpaired) electrons. The number of ether oxygens (including phenoxy) is 1. The summed E-state index contributed by atoms with van der Waals surface area (Å²) in [5.41, 5.74) is 0. The SMILES string of the molecule is COCC(O)Cn1ncc([N+](=O)[O-])n1. The van der Waals surface area contributed by atoms with Crippen LogP contribution in [-0.4, -0.2) is 44.8 Å². The fraction of sp³-hybridized carbons (Fsp3) is 0.667. The molecule has 1 aromatic rings. The van der Waals surface area contributed by atoms with Gasteiger partial charge in [-0.2, -0.15) is 0 Å². The van der Waals surface area contributed by atoms with E-state index in [4.69, 9.17) is 0 Å². The Kier molecular flexibility index (Phi) is 3.48. The van der Waals surface area contributed by atoms with Crippen LogP contribution in [0, 0.1) is 10.1 Å². The van der Waals surface area contributed by atoms with E-state index in [2.05, 4.69) is 14.9 Å². The second kappa shape index (κ2) is 4.63. The van der Waals surface area contributed by atoms with Gasteiger partial charge in [-0.1, -0.05) is 4.80 Å². The summed E-state index contributed by atoms with van der Waals surface area (Å²) in [5, 5.41) is 26.6. The average molecular weight is 202 g/mol. The lowest BCUT2D eigenvalue weighted by Crippen LogP contribution is -2.22. The van der Waals surface area contributed by atoms with Crippen molar-refractivity contribution in [3.8, 4) is 0 Å². The summed E-state index contributed by atoms with van der Waals surface area (Å²) in [4.78, 5) is 10.6. The molecule has 1 N–H and O–H groups in total. The van der Waals surface area contributed by atoms with Gasteiger partial charge in [0, 0.05) is 7.11 Å². The van der Waals surface area contributed by atoms with Gasteiger partial charge in [0.15, 0.2) is 6.20 Å². The normalized spacial score (nSPS) is 12.7. The molecule has 0 aliphatic carbocycles. The average Bonchev–Trinajstić information content (AvgIpc) is 2.53. The Labute approximate surface area is 79.2 Å². The molecule has 8 nitrogen and oxygen atoms in total. The number of hydrogen-bond acceptors (Lipinski definition) is 6. The highest BCUT2D eigenvalue weighted by Gasteiger charge is 2.15. The molecule has 0 spiro atoms. The Balaban J connectivity index is 2.55. The van der Waals surface area contributed by atoms with E-state index in [1.165, 1.54) is 7.11 Å². The molecular formula is C6H10N4O4. The highest BCUT2D eigenvalue weighted by atomic mass is 16.6. The Morgan fingerprint density at radius 2 is 2.57 bits per heavy atom. The monoisotopic (exact) mass is 202 g/mol. The van der Waals surface area contributed by atoms with Crippen LogP contribution in [0.5, 0.6) is 0 Å². The van der Waals surface area contributed by atoms with Crippen LogP contribution in [0.3, 0.4) is 0 Å². The van der Waals surface area contributed by atoms with Gasteiger partial charge in [0.2, 0.25) is 0 Å². The van der Waals surface area contributed by atoms with Gasteiger partial charge in [-0.05, 0) is 4.92 Å². The zero-order valence-corrected chi connectivity index (χ0v) is 7.53. The van der Waals surface area contributed by atoms with Crippen LogP contribution in [0.25, 0.3) is 0 Å². The van der Waals surface area contributed by atoms with Crippen molar-refractivity contribution < 1.29 is 14.8 Å². The number of hydrogen-bond donors (Lipinski definition) is 1. The second-order valence-electron chi connectivity index (χ2n) is 2.62. The predicted octanol–water partition coefficient (Wildman–Crippen LogP) is -0.806. The number of aliphatic hydroxyl groups excluding tert-OH is 1. The Morgan fingerprint density at radius 3 is 3.07 bits per heavy atom. The van der Waals surface area contributed by atoms with E-state index >= 15 is 0 Å². The lowest BCUT2D eigenvalue weighted by atomic mass is 10.4. The van der Waals surface area contributed by atoms with Crippen LogP contribution in [-0.2, 0) is 11.3 Å². The minimum Gasteiger partial charge on any atom is -0.389 e. The third-order valence-electron chi connectivity index (χ3n) is 1.44. The van der Waals surface area contributed by atoms with Gasteiger partial charge < -0.3 is 20.0 Å². The molecule has 0 aliphatic rings. The summed E-state index contributed by atoms with van der Waals surface area (Å²) in [7, 11) is 1.45. The molecular weight excluding hydrogens is 192 g/mol. The van der Waals surface area contributed by atoms with Gasteiger partial charge in [0.25, 0.3) is 0 Å². The lowest BCUT2D eigenvalue weighted by Gasteiger charge is -2.04. The van der Waals surface area contributed by atoms with Crippen molar-refractivity contribution in [2.45, 2.75) is 12.6 Å². The molecule has 0 aromatic carbocycles. The number of aromatic nitrogens is 3. The number of nitrogens with zero attached hydrogens (tertiary/aromatic N) is 4. The number of rotatable bonds is 5. The van der Waals surface area contributed by atoms with Crippen LogP contribution in [0.4, 0.5) is 5.82 Å². The van der Waals surface area contributed by atoms with Crippen LogP contribution in [0.15, 0.2) is 6.20 Å². The summed E-state index contributed by atoms with van der Waals surface area (Å²) in [6, 6.07) is 0. The molecule has 1 heterocycles. The van der Waals surface area contributed by atoms with Crippen LogP contribution in [0.1, 0.15) is 0 Å². The third kappa shape index (κ3) is 2.75. The van der Waals surface area contributed by atoms with Gasteiger partial charge in [-0.25, -0.2) is 0 Å². The maximum Gasteiger partial charge on any atom is 0.410 e. The minimum atomic E-state index is -0.771. The Morgan fingerprint density at radius 1 is 1.86 bits per heavy atom. The van der Waals surface area contributed by atoms with E-state index in [9.17, 15) is 15.2 Å². The molecule has 1 rings (SSSR count). The number of nitro groups is 1. The first-order chi connectivity index (χ1) is 6.63. The van der Waals surface area contributed by atoms with Crippen molar-refractivity contribution in [1.82, 2.24) is 15.0 Å². The number of aliphatic hydroxyl groups is 1. The summed E-state index contributed by atoms with van der Waals surface area (Å²) in [6.45, 7) is 0.205. The Bertz CT molecular complexity index is 313. The van der Waals surface area contributed by atoms with Crippen LogP contribution < -0.4 is 0 Å². The first-order valence-electron chi connectivity index (χ1n) is 3.85. The molecule has 1 aromatic heterocycles. The molecule has 0 saturated heterocycles. The van der Waals surface area contributed by atoms with E-state index in [0.29, 0.717) is 0 Å². The zero-order chi connectivity index (χ0) is 10.6. The van der Waals surface area contributed by atoms with E-state index < -0.39 is 11.0 Å². The summed E-state index contributed by atoms with van der Waals surface area (Å²) in [5.74, 6) is -0.338. The summed E-state index contributed by atoms with van der Waals surface area (Å²) >= 11 is 0. The molecule has 0 saturated carbocycles. The molecule has 78 valence electrons. The predicted molar refractivity (Wildman–Crippen MR) is 44.6 cm³/mol. The van der Waals surface area contributed by atoms with Gasteiger partial charge in [-0.15, -0.1) is 5.10 Å². The van der Waals surface area contributed by atoms with Crippen molar-refractivity contribution in [1.29, 1.82) is 0 Å². The standard InChI is InChI=1S/C6H10N4O4/c1-14-4-5(11)3-9-7-2-6(8-9)10(12)13/h2,5,11H,3-4H2,1H3. The largest absolute Gasteiger partial charge is 0.410 e. The van der Waals surface area contributed by atoms with Gasteiger partial charge in [-0.3, -0.25) is 0 Å². The molecule has 8 heteroatoms. The first-order valence-corrected chi connectivity index (χ1v) is 3.85. The van der Waals surface area contributed by atoms with E-state index in [-0.39, 0.29) is 19.0 Å². The lowest BCUT2D eigenvalue weighted by molar-refractivity contribution is -0.389. The summed E-state index contributed by atoms with van der Waals surface area (Å²) in [6.07, 6.45) is 0.256. The molecule has 0 amide bonds. The topological polar surface area (TPSA) is 103 Å². The van der Waals surface area contributed by atoms with Crippen molar-refractivity contribution in [2.75, 3.05) is 13.7 Å². The van der Waals surface area contributed by atoms with Crippen molar-refractivity contribution in [3.05, 3.63) is 16.3 Å². The second-order valence-corrected chi connectivity index (χ2v) is 2.62. The molecule has 0 bridgehead atoms. The van der Waals surface area contributed by atoms with Crippen LogP contribution in [0.2, 0.25) is 0 Å². The molecule has 0 fully saturated rings. The smallest absolute Gasteiger partial charge is 0.389 e. The van der Waals surface area contributed by atoms with Crippen molar-refractivity contribution >= 4 is 5.82 Å². The Hall–Kier alpha value is -1.54. The van der Waals surface area contributed by atoms with Crippen LogP contribution >= 0.6 is 0 Å². The van der Waals surface area contributed by atoms with Crippen molar-refractivity contribution in [2.24, 2.45) is 0 Å². The quantitative estimate of drug-likeness (QED) is 0.495. The molecule has 14 heavy (non-hydrogen) atoms. The van der Waals surface area contributed by atoms with E-state index in [0.717, 1.165) is 11.0 Å². The van der Waals surface area contributed by atoms with Gasteiger partial charge in [0.05, 0.1) is 11.7 Å².